The normalized spacial score (nSPS) is 8.45. The second-order valence-corrected chi connectivity index (χ2v) is 2.25. The van der Waals surface area contributed by atoms with Crippen LogP contribution < -0.4 is 0 Å². The van der Waals surface area contributed by atoms with Crippen LogP contribution >= 0.6 is 11.6 Å². The third kappa shape index (κ3) is 3.20. The summed E-state index contributed by atoms with van der Waals surface area (Å²) in [6, 6.07) is 6.02. The Morgan fingerprint density at radius 2 is 1.73 bits per heavy atom. The summed E-state index contributed by atoms with van der Waals surface area (Å²) in [5, 5.41) is 8.98. The number of benzene rings is 1. The zero-order chi connectivity index (χ0) is 7.56. The molecule has 4 heteroatoms. The van der Waals surface area contributed by atoms with E-state index in [1.54, 1.807) is 12.1 Å². The zero-order valence-electron chi connectivity index (χ0n) is 5.75. The Bertz CT molecular complexity index is 245. The molecule has 0 atom stereocenters. The Morgan fingerprint density at radius 1 is 1.27 bits per heavy atom. The quantitative estimate of drug-likeness (QED) is 0.757. The maximum absolute atomic E-state index is 10.3. The number of hydrogen-bond acceptors (Lipinski definition) is 1. The summed E-state index contributed by atoms with van der Waals surface area (Å²) in [5.41, 5.74) is 0.254. The monoisotopic (exact) mass is 366 g/mol. The van der Waals surface area contributed by atoms with Crippen LogP contribution in [0.5, 0.6) is 0 Å². The fraction of sp³-hybridized carbons (Fsp3) is 0. The van der Waals surface area contributed by atoms with Crippen molar-refractivity contribution in [1.82, 2.24) is 0 Å². The molecule has 0 aliphatic heterocycles. The van der Waals surface area contributed by atoms with Gasteiger partial charge in [-0.3, -0.25) is 0 Å². The number of rotatable bonds is 1. The molecular formula is C7H7ClO2Pb. The molecule has 1 aromatic carbocycles. The van der Waals surface area contributed by atoms with E-state index < -0.39 is 5.97 Å². The minimum atomic E-state index is -0.934. The summed E-state index contributed by atoms with van der Waals surface area (Å²) < 4.78 is 0. The van der Waals surface area contributed by atoms with Gasteiger partial charge in [0.05, 0.1) is 5.56 Å². The predicted molar refractivity (Wildman–Crippen MR) is 47.0 cm³/mol. The first kappa shape index (κ1) is 10.9. The number of carboxylic acids is 1. The van der Waals surface area contributed by atoms with Crippen LogP contribution in [-0.4, -0.2) is 38.4 Å². The van der Waals surface area contributed by atoms with Gasteiger partial charge >= 0.3 is 33.3 Å². The molecule has 0 spiro atoms. The molecule has 1 rings (SSSR count). The molecule has 58 valence electrons. The van der Waals surface area contributed by atoms with E-state index in [2.05, 4.69) is 0 Å². The van der Waals surface area contributed by atoms with Crippen molar-refractivity contribution in [3.63, 3.8) is 0 Å². The molecule has 2 nitrogen and oxygen atoms in total. The summed E-state index contributed by atoms with van der Waals surface area (Å²) >= 11 is 5.52. The van der Waals surface area contributed by atoms with E-state index in [0.29, 0.717) is 5.02 Å². The van der Waals surface area contributed by atoms with Gasteiger partial charge in [-0.25, -0.2) is 4.79 Å². The second kappa shape index (κ2) is 4.71. The van der Waals surface area contributed by atoms with E-state index in [4.69, 9.17) is 16.7 Å². The van der Waals surface area contributed by atoms with Crippen LogP contribution in [0.2, 0.25) is 5.02 Å². The van der Waals surface area contributed by atoms with E-state index in [1.807, 2.05) is 0 Å². The van der Waals surface area contributed by atoms with Crippen LogP contribution in [0.25, 0.3) is 0 Å². The molecule has 0 fully saturated rings. The van der Waals surface area contributed by atoms with Crippen LogP contribution in [0.3, 0.4) is 0 Å². The Balaban J connectivity index is 0.000001000. The second-order valence-electron chi connectivity index (χ2n) is 1.81. The summed E-state index contributed by atoms with van der Waals surface area (Å²) in [6.45, 7) is 0. The van der Waals surface area contributed by atoms with Crippen molar-refractivity contribution in [2.45, 2.75) is 0 Å². The molecule has 0 amide bonds. The summed E-state index contributed by atoms with van der Waals surface area (Å²) in [4.78, 5) is 10.3. The summed E-state index contributed by atoms with van der Waals surface area (Å²) in [5.74, 6) is -0.934. The van der Waals surface area contributed by atoms with Crippen molar-refractivity contribution in [1.29, 1.82) is 0 Å². The molecule has 0 heterocycles. The Hall–Kier alpha value is -0.0979. The molecule has 0 saturated carbocycles. The summed E-state index contributed by atoms with van der Waals surface area (Å²) in [7, 11) is 0. The number of aromatic carboxylic acids is 1. The van der Waals surface area contributed by atoms with Gasteiger partial charge in [0.1, 0.15) is 0 Å². The molecule has 1 N–H and O–H groups in total. The van der Waals surface area contributed by atoms with Crippen molar-refractivity contribution in [3.05, 3.63) is 34.9 Å². The van der Waals surface area contributed by atoms with E-state index in [1.165, 1.54) is 12.1 Å². The van der Waals surface area contributed by atoms with Gasteiger partial charge in [-0.2, -0.15) is 0 Å². The predicted octanol–water partition coefficient (Wildman–Crippen LogP) is 1.12. The topological polar surface area (TPSA) is 37.3 Å². The van der Waals surface area contributed by atoms with Crippen molar-refractivity contribution < 1.29 is 9.90 Å². The van der Waals surface area contributed by atoms with Gasteiger partial charge in [0.2, 0.25) is 0 Å². The Labute approximate surface area is 89.3 Å². The Kier molecular flexibility index (Phi) is 4.67. The third-order valence-electron chi connectivity index (χ3n) is 1.09. The first-order chi connectivity index (χ1) is 4.70. The van der Waals surface area contributed by atoms with Crippen molar-refractivity contribution in [2.75, 3.05) is 0 Å². The SMILES string of the molecule is O=C(O)c1ccc(Cl)cc1.[PbH2]. The molecule has 0 saturated heterocycles. The van der Waals surface area contributed by atoms with Gasteiger partial charge in [0, 0.05) is 5.02 Å². The van der Waals surface area contributed by atoms with Crippen LogP contribution in [0.15, 0.2) is 24.3 Å². The van der Waals surface area contributed by atoms with Crippen molar-refractivity contribution >= 4 is 44.9 Å². The zero-order valence-corrected chi connectivity index (χ0v) is 12.0. The standard InChI is InChI=1S/C7H5ClO2.Pb.2H/c8-6-3-1-5(2-4-6)7(9)10;;;/h1-4H,(H,9,10);;;. The van der Waals surface area contributed by atoms with Gasteiger partial charge in [0.15, 0.2) is 0 Å². The third-order valence-corrected chi connectivity index (χ3v) is 1.34. The minimum absolute atomic E-state index is 0. The average molecular weight is 366 g/mol. The fourth-order valence-corrected chi connectivity index (χ4v) is 0.718. The van der Waals surface area contributed by atoms with Gasteiger partial charge in [0.25, 0.3) is 0 Å². The van der Waals surface area contributed by atoms with Gasteiger partial charge in [-0.05, 0) is 24.3 Å². The molecule has 11 heavy (non-hydrogen) atoms. The van der Waals surface area contributed by atoms with E-state index >= 15 is 0 Å². The molecule has 0 aromatic heterocycles. The van der Waals surface area contributed by atoms with Gasteiger partial charge in [-0.1, -0.05) is 11.6 Å². The van der Waals surface area contributed by atoms with Crippen LogP contribution in [0.1, 0.15) is 10.4 Å². The number of hydrogen-bond donors (Lipinski definition) is 1. The first-order valence-corrected chi connectivity index (χ1v) is 3.07. The molecule has 2 radical (unpaired) electrons. The molecule has 0 bridgehead atoms. The number of carbonyl (C=O) groups is 1. The van der Waals surface area contributed by atoms with Crippen molar-refractivity contribution in [2.24, 2.45) is 0 Å². The molecule has 0 aliphatic carbocycles. The van der Waals surface area contributed by atoms with Gasteiger partial charge < -0.3 is 5.11 Å². The van der Waals surface area contributed by atoms with Crippen molar-refractivity contribution in [3.8, 4) is 0 Å². The van der Waals surface area contributed by atoms with Crippen LogP contribution in [0.4, 0.5) is 0 Å². The van der Waals surface area contributed by atoms with E-state index in [0.717, 1.165) is 0 Å². The fourth-order valence-electron chi connectivity index (χ4n) is 0.592. The van der Waals surface area contributed by atoms with E-state index in [-0.39, 0.29) is 32.9 Å². The molecular weight excluding hydrogens is 359 g/mol. The average Bonchev–Trinajstić information content (AvgIpc) is 1.88. The first-order valence-electron chi connectivity index (χ1n) is 2.69. The molecule has 1 aromatic rings. The van der Waals surface area contributed by atoms with E-state index in [9.17, 15) is 4.79 Å². The molecule has 0 aliphatic rings. The van der Waals surface area contributed by atoms with Gasteiger partial charge in [-0.15, -0.1) is 0 Å². The molecule has 0 unspecified atom stereocenters. The van der Waals surface area contributed by atoms with Crippen LogP contribution in [0, 0.1) is 0 Å². The maximum atomic E-state index is 10.3. The summed E-state index contributed by atoms with van der Waals surface area (Å²) in [6.07, 6.45) is 0. The Morgan fingerprint density at radius 3 is 2.09 bits per heavy atom. The van der Waals surface area contributed by atoms with Crippen LogP contribution in [-0.2, 0) is 0 Å². The number of carboxylic acid groups (broad SMARTS) is 1. The number of halogens is 1.